The lowest BCUT2D eigenvalue weighted by molar-refractivity contribution is -0.0720. The van der Waals surface area contributed by atoms with Gasteiger partial charge in [-0.1, -0.05) is 6.07 Å². The van der Waals surface area contributed by atoms with Crippen LogP contribution < -0.4 is 20.1 Å². The summed E-state index contributed by atoms with van der Waals surface area (Å²) in [7, 11) is 3.06. The van der Waals surface area contributed by atoms with Gasteiger partial charge in [0.05, 0.1) is 42.0 Å². The molecule has 2 atom stereocenters. The summed E-state index contributed by atoms with van der Waals surface area (Å²) in [4.78, 5) is 20.9. The number of fused-ring (bicyclic) bond motifs is 1. The summed E-state index contributed by atoms with van der Waals surface area (Å²) in [6.45, 7) is 2.16. The lowest BCUT2D eigenvalue weighted by Crippen LogP contribution is -2.35. The number of halogens is 1. The molecule has 1 aromatic carbocycles. The number of benzene rings is 1. The van der Waals surface area contributed by atoms with E-state index in [1.54, 1.807) is 31.6 Å². The summed E-state index contributed by atoms with van der Waals surface area (Å²) < 4.78 is 36.7. The zero-order chi connectivity index (χ0) is 25.1. The summed E-state index contributed by atoms with van der Waals surface area (Å²) in [6, 6.07) is 6.43. The van der Waals surface area contributed by atoms with Gasteiger partial charge in [-0.05, 0) is 24.6 Å². The van der Waals surface area contributed by atoms with E-state index < -0.39 is 5.82 Å². The first-order valence-electron chi connectivity index (χ1n) is 11.9. The second-order valence-electron chi connectivity index (χ2n) is 8.76. The van der Waals surface area contributed by atoms with E-state index in [1.807, 2.05) is 6.07 Å². The average Bonchev–Trinajstić information content (AvgIpc) is 3.23. The summed E-state index contributed by atoms with van der Waals surface area (Å²) in [5, 5.41) is 6.25. The highest BCUT2D eigenvalue weighted by Gasteiger charge is 2.34. The number of ether oxygens (including phenoxy) is 4. The van der Waals surface area contributed by atoms with Gasteiger partial charge < -0.3 is 34.6 Å². The van der Waals surface area contributed by atoms with E-state index in [-0.39, 0.29) is 23.7 Å². The summed E-state index contributed by atoms with van der Waals surface area (Å²) in [5.74, 6) is -0.118. The number of amides is 1. The number of rotatable bonds is 10. The van der Waals surface area contributed by atoms with Crippen molar-refractivity contribution in [1.29, 1.82) is 0 Å². The van der Waals surface area contributed by atoms with Crippen LogP contribution in [0.2, 0.25) is 0 Å². The Bertz CT molecular complexity index is 1240. The van der Waals surface area contributed by atoms with Crippen LogP contribution in [0.5, 0.6) is 11.5 Å². The smallest absolute Gasteiger partial charge is 0.255 e. The normalized spacial score (nSPS) is 18.7. The van der Waals surface area contributed by atoms with Crippen LogP contribution in [0.1, 0.15) is 34.8 Å². The fourth-order valence-corrected chi connectivity index (χ4v) is 4.55. The van der Waals surface area contributed by atoms with E-state index in [9.17, 15) is 9.18 Å². The summed E-state index contributed by atoms with van der Waals surface area (Å²) in [6.07, 6.45) is 5.01. The number of methoxy groups -OCH3 is 2. The highest BCUT2D eigenvalue weighted by atomic mass is 19.1. The Balaban J connectivity index is 1.62. The van der Waals surface area contributed by atoms with E-state index in [1.165, 1.54) is 13.2 Å². The minimum atomic E-state index is -0.510. The second-order valence-corrected chi connectivity index (χ2v) is 8.76. The molecule has 0 unspecified atom stereocenters. The highest BCUT2D eigenvalue weighted by molar-refractivity contribution is 6.07. The van der Waals surface area contributed by atoms with E-state index in [2.05, 4.69) is 20.6 Å². The number of carbonyl (C=O) groups is 1. The maximum absolute atomic E-state index is 14.5. The molecule has 0 spiro atoms. The first kappa shape index (κ1) is 24.1. The number of para-hydroxylation sites is 1. The van der Waals surface area contributed by atoms with Gasteiger partial charge >= 0.3 is 0 Å². The van der Waals surface area contributed by atoms with Crippen molar-refractivity contribution in [2.45, 2.75) is 24.9 Å². The summed E-state index contributed by atoms with van der Waals surface area (Å²) >= 11 is 0. The molecule has 1 saturated heterocycles. The molecule has 2 aliphatic heterocycles. The topological polar surface area (TPSA) is 107 Å². The SMILES string of the molecule is COCC[C@H]1CNC(=O)c2c1[nH]c(-c1ccncc1OC[C@@H]1CCO1)c2Nc1cccc(F)c1OC. The number of pyridine rings is 1. The maximum Gasteiger partial charge on any atom is 0.255 e. The Kier molecular flexibility index (Phi) is 7.06. The van der Waals surface area contributed by atoms with Crippen LogP contribution in [0, 0.1) is 5.82 Å². The predicted octanol–water partition coefficient (Wildman–Crippen LogP) is 4.00. The zero-order valence-electron chi connectivity index (χ0n) is 20.2. The number of anilines is 2. The van der Waals surface area contributed by atoms with Gasteiger partial charge in [0, 0.05) is 56.7 Å². The van der Waals surface area contributed by atoms with Crippen molar-refractivity contribution in [2.75, 3.05) is 45.9 Å². The first-order valence-corrected chi connectivity index (χ1v) is 11.9. The zero-order valence-corrected chi connectivity index (χ0v) is 20.2. The van der Waals surface area contributed by atoms with Gasteiger partial charge in [-0.25, -0.2) is 4.39 Å². The quantitative estimate of drug-likeness (QED) is 0.390. The number of aromatic amines is 1. The number of H-pyrrole nitrogens is 1. The van der Waals surface area contributed by atoms with Crippen LogP contribution in [0.25, 0.3) is 11.3 Å². The summed E-state index contributed by atoms with van der Waals surface area (Å²) in [5.41, 5.74) is 3.51. The van der Waals surface area contributed by atoms with E-state index >= 15 is 0 Å². The van der Waals surface area contributed by atoms with Crippen LogP contribution >= 0.6 is 0 Å². The third-order valence-electron chi connectivity index (χ3n) is 6.55. The Morgan fingerprint density at radius 1 is 1.28 bits per heavy atom. The number of aromatic nitrogens is 2. The predicted molar refractivity (Wildman–Crippen MR) is 132 cm³/mol. The van der Waals surface area contributed by atoms with Crippen LogP contribution in [0.4, 0.5) is 15.8 Å². The molecule has 0 saturated carbocycles. The van der Waals surface area contributed by atoms with Crippen LogP contribution in [-0.4, -0.2) is 62.6 Å². The molecule has 1 amide bonds. The molecule has 190 valence electrons. The van der Waals surface area contributed by atoms with Crippen molar-refractivity contribution in [2.24, 2.45) is 0 Å². The Morgan fingerprint density at radius 2 is 2.14 bits per heavy atom. The van der Waals surface area contributed by atoms with Crippen molar-refractivity contribution in [3.05, 3.63) is 53.7 Å². The van der Waals surface area contributed by atoms with Gasteiger partial charge in [0.1, 0.15) is 12.4 Å². The highest BCUT2D eigenvalue weighted by Crippen LogP contribution is 2.44. The molecular formula is C26H29FN4O5. The molecule has 0 radical (unpaired) electrons. The monoisotopic (exact) mass is 496 g/mol. The van der Waals surface area contributed by atoms with E-state index in [4.69, 9.17) is 18.9 Å². The molecule has 3 N–H and O–H groups in total. The Labute approximate surface area is 208 Å². The third kappa shape index (κ3) is 4.61. The Hall–Kier alpha value is -3.63. The van der Waals surface area contributed by atoms with Crippen molar-refractivity contribution in [1.82, 2.24) is 15.3 Å². The number of nitrogens with zero attached hydrogens (tertiary/aromatic N) is 1. The molecule has 4 heterocycles. The number of hydrogen-bond acceptors (Lipinski definition) is 7. The lowest BCUT2D eigenvalue weighted by atomic mass is 9.93. The van der Waals surface area contributed by atoms with Gasteiger partial charge in [-0.2, -0.15) is 0 Å². The average molecular weight is 497 g/mol. The first-order chi connectivity index (χ1) is 17.6. The van der Waals surface area contributed by atoms with Crippen LogP contribution in [0.15, 0.2) is 36.7 Å². The van der Waals surface area contributed by atoms with Crippen molar-refractivity contribution in [3.8, 4) is 22.8 Å². The van der Waals surface area contributed by atoms with Gasteiger partial charge in [-0.3, -0.25) is 9.78 Å². The van der Waals surface area contributed by atoms with Crippen molar-refractivity contribution < 1.29 is 28.1 Å². The number of carbonyl (C=O) groups excluding carboxylic acids is 1. The maximum atomic E-state index is 14.5. The van der Waals surface area contributed by atoms with E-state index in [0.717, 1.165) is 24.3 Å². The van der Waals surface area contributed by atoms with Crippen molar-refractivity contribution in [3.63, 3.8) is 0 Å². The molecule has 9 nitrogen and oxygen atoms in total. The van der Waals surface area contributed by atoms with Gasteiger partial charge in [-0.15, -0.1) is 0 Å². The standard InChI is InChI=1S/C26H29FN4O5/c1-33-10-7-15-12-29-26(32)21-22(15)31-23(24(21)30-19-5-3-4-18(27)25(19)34-2)17-6-9-28-13-20(17)36-14-16-8-11-35-16/h3-6,9,13,15-16,30-31H,7-8,10-12,14H2,1-2H3,(H,29,32)/t15-,16-/m0/s1. The molecule has 36 heavy (non-hydrogen) atoms. The molecule has 0 aliphatic carbocycles. The van der Waals surface area contributed by atoms with Crippen LogP contribution in [0.3, 0.4) is 0 Å². The molecule has 1 fully saturated rings. The minimum absolute atomic E-state index is 0.0101. The number of hydrogen-bond donors (Lipinski definition) is 3. The molecule has 10 heteroatoms. The minimum Gasteiger partial charge on any atom is -0.492 e. The van der Waals surface area contributed by atoms with E-state index in [0.29, 0.717) is 54.6 Å². The number of nitrogens with one attached hydrogen (secondary N) is 3. The third-order valence-corrected chi connectivity index (χ3v) is 6.55. The molecule has 2 aliphatic rings. The van der Waals surface area contributed by atoms with Gasteiger partial charge in [0.15, 0.2) is 11.6 Å². The largest absolute Gasteiger partial charge is 0.492 e. The fraction of sp³-hybridized carbons (Fsp3) is 0.385. The molecule has 2 aromatic heterocycles. The van der Waals surface area contributed by atoms with Gasteiger partial charge in [0.2, 0.25) is 0 Å². The molecule has 5 rings (SSSR count). The second kappa shape index (κ2) is 10.5. The van der Waals surface area contributed by atoms with Crippen molar-refractivity contribution >= 4 is 17.3 Å². The Morgan fingerprint density at radius 3 is 2.89 bits per heavy atom. The molecule has 0 bridgehead atoms. The molecule has 3 aromatic rings. The molecular weight excluding hydrogens is 467 g/mol. The lowest BCUT2D eigenvalue weighted by Gasteiger charge is -2.26. The fourth-order valence-electron chi connectivity index (χ4n) is 4.55. The van der Waals surface area contributed by atoms with Crippen LogP contribution in [-0.2, 0) is 9.47 Å². The van der Waals surface area contributed by atoms with Gasteiger partial charge in [0.25, 0.3) is 5.91 Å².